The SMILES string of the molecule is CCOC(=O)C1(c2cccc(-c3nc4nc(N5CCCC(C(=O)N6CCCC6)C5)ccc4[nH]3)c2)CC1. The van der Waals surface area contributed by atoms with E-state index in [-0.39, 0.29) is 11.9 Å². The minimum absolute atomic E-state index is 0.0426. The molecule has 3 fully saturated rings. The van der Waals surface area contributed by atoms with Gasteiger partial charge in [0.2, 0.25) is 5.91 Å². The molecule has 8 nitrogen and oxygen atoms in total. The molecule has 1 aromatic carbocycles. The number of aromatic amines is 1. The lowest BCUT2D eigenvalue weighted by molar-refractivity contribution is -0.146. The summed E-state index contributed by atoms with van der Waals surface area (Å²) in [5, 5.41) is 0. The molecule has 1 atom stereocenters. The first-order chi connectivity index (χ1) is 17.6. The van der Waals surface area contributed by atoms with E-state index in [0.717, 1.165) is 86.4 Å². The van der Waals surface area contributed by atoms with Crippen molar-refractivity contribution in [3.8, 4) is 11.4 Å². The molecule has 4 heterocycles. The van der Waals surface area contributed by atoms with Gasteiger partial charge in [-0.3, -0.25) is 9.59 Å². The first-order valence-electron chi connectivity index (χ1n) is 13.3. The van der Waals surface area contributed by atoms with Gasteiger partial charge in [-0.25, -0.2) is 9.97 Å². The second-order valence-electron chi connectivity index (χ2n) is 10.3. The monoisotopic (exact) mass is 487 g/mol. The number of ether oxygens (including phenoxy) is 1. The van der Waals surface area contributed by atoms with Gasteiger partial charge in [0.05, 0.1) is 23.5 Å². The number of H-pyrrole nitrogens is 1. The summed E-state index contributed by atoms with van der Waals surface area (Å²) in [6.07, 6.45) is 5.81. The first-order valence-corrected chi connectivity index (χ1v) is 13.3. The predicted molar refractivity (Wildman–Crippen MR) is 138 cm³/mol. The van der Waals surface area contributed by atoms with Crippen LogP contribution in [-0.4, -0.2) is 64.5 Å². The van der Waals surface area contributed by atoms with Crippen LogP contribution >= 0.6 is 0 Å². The van der Waals surface area contributed by atoms with Gasteiger partial charge in [0.1, 0.15) is 11.6 Å². The molecule has 2 aromatic heterocycles. The Bertz CT molecular complexity index is 1290. The third kappa shape index (κ3) is 4.12. The molecule has 1 N–H and O–H groups in total. The first kappa shape index (κ1) is 23.0. The maximum Gasteiger partial charge on any atom is 0.316 e. The van der Waals surface area contributed by atoms with Gasteiger partial charge < -0.3 is 19.5 Å². The Morgan fingerprint density at radius 1 is 1.08 bits per heavy atom. The molecule has 0 spiro atoms. The molecule has 1 amide bonds. The number of aromatic nitrogens is 3. The normalized spacial score (nSPS) is 21.1. The minimum Gasteiger partial charge on any atom is -0.465 e. The van der Waals surface area contributed by atoms with Crippen molar-refractivity contribution in [2.45, 2.75) is 50.9 Å². The second kappa shape index (κ2) is 9.22. The van der Waals surface area contributed by atoms with Crippen molar-refractivity contribution < 1.29 is 14.3 Å². The zero-order valence-electron chi connectivity index (χ0n) is 20.8. The Kier molecular flexibility index (Phi) is 5.90. The summed E-state index contributed by atoms with van der Waals surface area (Å²) in [4.78, 5) is 42.8. The zero-order valence-corrected chi connectivity index (χ0v) is 20.8. The van der Waals surface area contributed by atoms with Crippen molar-refractivity contribution in [1.82, 2.24) is 19.9 Å². The molecule has 3 aliphatic rings. The summed E-state index contributed by atoms with van der Waals surface area (Å²) in [5.74, 6) is 1.81. The van der Waals surface area contributed by atoms with Gasteiger partial charge in [-0.1, -0.05) is 18.2 Å². The molecule has 8 heteroatoms. The number of hydrogen-bond donors (Lipinski definition) is 1. The molecule has 2 saturated heterocycles. The van der Waals surface area contributed by atoms with Crippen molar-refractivity contribution in [1.29, 1.82) is 0 Å². The van der Waals surface area contributed by atoms with Gasteiger partial charge in [0, 0.05) is 31.7 Å². The van der Waals surface area contributed by atoms with Crippen LogP contribution in [0.2, 0.25) is 0 Å². The van der Waals surface area contributed by atoms with Crippen LogP contribution in [0.1, 0.15) is 51.0 Å². The van der Waals surface area contributed by atoms with Crippen molar-refractivity contribution in [2.24, 2.45) is 5.92 Å². The summed E-state index contributed by atoms with van der Waals surface area (Å²) in [6.45, 7) is 5.65. The van der Waals surface area contributed by atoms with Crippen LogP contribution < -0.4 is 4.90 Å². The Morgan fingerprint density at radius 2 is 1.92 bits per heavy atom. The number of carbonyl (C=O) groups excluding carboxylic acids is 2. The van der Waals surface area contributed by atoms with Gasteiger partial charge in [-0.15, -0.1) is 0 Å². The summed E-state index contributed by atoms with van der Waals surface area (Å²) in [6, 6.07) is 12.1. The second-order valence-corrected chi connectivity index (χ2v) is 10.3. The highest BCUT2D eigenvalue weighted by atomic mass is 16.5. The fourth-order valence-electron chi connectivity index (χ4n) is 5.75. The maximum atomic E-state index is 13.0. The average molecular weight is 488 g/mol. The van der Waals surface area contributed by atoms with Crippen LogP contribution in [0.25, 0.3) is 22.6 Å². The molecule has 6 rings (SSSR count). The van der Waals surface area contributed by atoms with Crippen LogP contribution in [0.5, 0.6) is 0 Å². The summed E-state index contributed by atoms with van der Waals surface area (Å²) >= 11 is 0. The lowest BCUT2D eigenvalue weighted by atomic mass is 9.94. The number of likely N-dealkylation sites (tertiary alicyclic amines) is 1. The van der Waals surface area contributed by atoms with Crippen molar-refractivity contribution >= 4 is 28.9 Å². The molecule has 2 aliphatic heterocycles. The van der Waals surface area contributed by atoms with Gasteiger partial charge >= 0.3 is 5.97 Å². The highest BCUT2D eigenvalue weighted by Crippen LogP contribution is 2.49. The number of piperidine rings is 1. The summed E-state index contributed by atoms with van der Waals surface area (Å²) in [7, 11) is 0. The average Bonchev–Trinajstić information content (AvgIpc) is 3.33. The van der Waals surface area contributed by atoms with Crippen LogP contribution in [0, 0.1) is 5.92 Å². The minimum atomic E-state index is -0.513. The lowest BCUT2D eigenvalue weighted by Crippen LogP contribution is -2.44. The number of rotatable bonds is 6. The number of nitrogens with one attached hydrogen (secondary N) is 1. The van der Waals surface area contributed by atoms with E-state index in [9.17, 15) is 9.59 Å². The Morgan fingerprint density at radius 3 is 2.69 bits per heavy atom. The third-order valence-electron chi connectivity index (χ3n) is 7.95. The number of benzene rings is 1. The van der Waals surface area contributed by atoms with Crippen LogP contribution in [0.3, 0.4) is 0 Å². The third-order valence-corrected chi connectivity index (χ3v) is 7.95. The molecule has 0 bridgehead atoms. The molecular weight excluding hydrogens is 454 g/mol. The van der Waals surface area contributed by atoms with Gasteiger partial charge in [0.15, 0.2) is 5.65 Å². The molecule has 1 unspecified atom stereocenters. The number of esters is 1. The summed E-state index contributed by atoms with van der Waals surface area (Å²) < 4.78 is 5.34. The quantitative estimate of drug-likeness (QED) is 0.528. The molecule has 36 heavy (non-hydrogen) atoms. The number of anilines is 1. The van der Waals surface area contributed by atoms with Gasteiger partial charge in [-0.05, 0) is 69.2 Å². The van der Waals surface area contributed by atoms with E-state index in [0.29, 0.717) is 24.7 Å². The van der Waals surface area contributed by atoms with Crippen molar-refractivity contribution in [3.05, 3.63) is 42.0 Å². The number of nitrogens with zero attached hydrogens (tertiary/aromatic N) is 4. The number of pyridine rings is 1. The zero-order chi connectivity index (χ0) is 24.7. The van der Waals surface area contributed by atoms with Crippen molar-refractivity contribution in [2.75, 3.05) is 37.7 Å². The summed E-state index contributed by atoms with van der Waals surface area (Å²) in [5.41, 5.74) is 2.92. The molecule has 3 aromatic rings. The van der Waals surface area contributed by atoms with Crippen LogP contribution in [0.4, 0.5) is 5.82 Å². The fourth-order valence-corrected chi connectivity index (χ4v) is 5.75. The molecule has 188 valence electrons. The molecule has 1 saturated carbocycles. The number of amides is 1. The number of fused-ring (bicyclic) bond motifs is 1. The van der Waals surface area contributed by atoms with E-state index in [4.69, 9.17) is 14.7 Å². The molecule has 1 aliphatic carbocycles. The van der Waals surface area contributed by atoms with Crippen LogP contribution in [0.15, 0.2) is 36.4 Å². The van der Waals surface area contributed by atoms with Crippen molar-refractivity contribution in [3.63, 3.8) is 0 Å². The topological polar surface area (TPSA) is 91.4 Å². The Labute approximate surface area is 211 Å². The van der Waals surface area contributed by atoms with E-state index < -0.39 is 5.41 Å². The number of carbonyl (C=O) groups is 2. The van der Waals surface area contributed by atoms with E-state index in [1.54, 1.807) is 0 Å². The van der Waals surface area contributed by atoms with Gasteiger partial charge in [-0.2, -0.15) is 0 Å². The van der Waals surface area contributed by atoms with Crippen LogP contribution in [-0.2, 0) is 19.7 Å². The smallest absolute Gasteiger partial charge is 0.316 e. The van der Waals surface area contributed by atoms with Gasteiger partial charge in [0.25, 0.3) is 0 Å². The molecule has 0 radical (unpaired) electrons. The maximum absolute atomic E-state index is 13.0. The predicted octanol–water partition coefficient (Wildman–Crippen LogP) is 4.06. The van der Waals surface area contributed by atoms with E-state index >= 15 is 0 Å². The highest BCUT2D eigenvalue weighted by Gasteiger charge is 2.52. The lowest BCUT2D eigenvalue weighted by Gasteiger charge is -2.34. The molecular formula is C28H33N5O3. The highest BCUT2D eigenvalue weighted by molar-refractivity contribution is 5.87. The van der Waals surface area contributed by atoms with E-state index in [1.165, 1.54) is 0 Å². The standard InChI is InChI=1S/C28H33N5O3/c1-2-36-27(35)28(12-13-28)21-9-5-7-19(17-21)24-29-22-10-11-23(30-25(22)31-24)33-16-6-8-20(18-33)26(34)32-14-3-4-15-32/h5,7,9-11,17,20H,2-4,6,8,12-16,18H2,1H3,(H,29,30,31). The Balaban J connectivity index is 1.22. The fraction of sp³-hybridized carbons (Fsp3) is 0.500. The Hall–Kier alpha value is -3.42. The number of imidazole rings is 1. The largest absolute Gasteiger partial charge is 0.465 e. The number of hydrogen-bond acceptors (Lipinski definition) is 6. The van der Waals surface area contributed by atoms with E-state index in [1.807, 2.05) is 48.2 Å². The van der Waals surface area contributed by atoms with E-state index in [2.05, 4.69) is 9.88 Å².